The normalized spacial score (nSPS) is 31.4. The molecule has 0 bridgehead atoms. The van der Waals surface area contributed by atoms with Crippen molar-refractivity contribution in [3.05, 3.63) is 55.2 Å². The topological polar surface area (TPSA) is 51.2 Å². The molecule has 1 aromatic rings. The highest BCUT2D eigenvalue weighted by atomic mass is 16.5. The molecule has 33 heavy (non-hydrogen) atoms. The van der Waals surface area contributed by atoms with Crippen LogP contribution < -0.4 is 14.4 Å². The Kier molecular flexibility index (Phi) is 5.52. The number of piperidine rings is 1. The van der Waals surface area contributed by atoms with Crippen LogP contribution in [0.1, 0.15) is 31.2 Å². The molecule has 6 nitrogen and oxygen atoms in total. The third-order valence-electron chi connectivity index (χ3n) is 8.24. The highest BCUT2D eigenvalue weighted by molar-refractivity contribution is 5.79. The van der Waals surface area contributed by atoms with E-state index in [4.69, 9.17) is 14.2 Å². The first-order valence-electron chi connectivity index (χ1n) is 11.9. The number of hydrogen-bond acceptors (Lipinski definition) is 6. The second kappa shape index (κ2) is 8.24. The monoisotopic (exact) mass is 450 g/mol. The summed E-state index contributed by atoms with van der Waals surface area (Å²) in [6.45, 7) is 11.1. The number of hydrogen-bond donors (Lipinski definition) is 0. The molecule has 0 radical (unpaired) electrons. The van der Waals surface area contributed by atoms with E-state index in [1.807, 2.05) is 12.1 Å². The minimum Gasteiger partial charge on any atom is -0.491 e. The Morgan fingerprint density at radius 2 is 2.06 bits per heavy atom. The molecule has 176 valence electrons. The van der Waals surface area contributed by atoms with Gasteiger partial charge in [0.2, 0.25) is 0 Å². The lowest BCUT2D eigenvalue weighted by Crippen LogP contribution is -2.63. The van der Waals surface area contributed by atoms with E-state index in [2.05, 4.69) is 41.2 Å². The van der Waals surface area contributed by atoms with Gasteiger partial charge in [0.1, 0.15) is 6.61 Å². The summed E-state index contributed by atoms with van der Waals surface area (Å²) in [6, 6.07) is 4.68. The number of benzene rings is 1. The smallest absolute Gasteiger partial charge is 0.306 e. The third-order valence-corrected chi connectivity index (χ3v) is 8.24. The number of carbonyl (C=O) groups is 1. The van der Waals surface area contributed by atoms with Crippen molar-refractivity contribution >= 4 is 11.7 Å². The Bertz CT molecular complexity index is 1000. The molecule has 2 saturated heterocycles. The van der Waals surface area contributed by atoms with Crippen LogP contribution in [0.4, 0.5) is 5.69 Å². The zero-order valence-corrected chi connectivity index (χ0v) is 19.7. The highest BCUT2D eigenvalue weighted by Crippen LogP contribution is 2.65. The van der Waals surface area contributed by atoms with Gasteiger partial charge in [0.05, 0.1) is 32.4 Å². The summed E-state index contributed by atoms with van der Waals surface area (Å²) in [4.78, 5) is 17.6. The van der Waals surface area contributed by atoms with Gasteiger partial charge in [0, 0.05) is 23.4 Å². The Hall–Kier alpha value is -2.73. The number of ether oxygens (including phenoxy) is 3. The molecule has 1 aromatic carbocycles. The molecular formula is C27H34N2O4. The molecule has 6 heteroatoms. The molecule has 0 saturated carbocycles. The van der Waals surface area contributed by atoms with Crippen molar-refractivity contribution in [3.8, 4) is 11.5 Å². The van der Waals surface area contributed by atoms with Gasteiger partial charge in [-0.3, -0.25) is 9.69 Å². The SMILES string of the molecule is C=CCOc1ccc2c(c1OC)N(CC=C)[C@@H]1C=C[C@@]3(CC(=O)OC)CCCN4CC[C@@]21[C@H]43. The Labute approximate surface area is 196 Å². The van der Waals surface area contributed by atoms with E-state index in [9.17, 15) is 4.79 Å². The average molecular weight is 451 g/mol. The predicted molar refractivity (Wildman–Crippen MR) is 129 cm³/mol. The van der Waals surface area contributed by atoms with Gasteiger partial charge in [-0.1, -0.05) is 36.9 Å². The number of esters is 1. The number of methoxy groups -OCH3 is 2. The van der Waals surface area contributed by atoms with E-state index in [-0.39, 0.29) is 28.9 Å². The fourth-order valence-electron chi connectivity index (χ4n) is 7.29. The van der Waals surface area contributed by atoms with Gasteiger partial charge in [-0.2, -0.15) is 0 Å². The number of fused-ring (bicyclic) bond motifs is 1. The maximum Gasteiger partial charge on any atom is 0.306 e. The number of anilines is 1. The second-order valence-corrected chi connectivity index (χ2v) is 9.66. The van der Waals surface area contributed by atoms with Crippen LogP contribution in [-0.2, 0) is 14.9 Å². The van der Waals surface area contributed by atoms with Crippen molar-refractivity contribution in [2.75, 3.05) is 45.4 Å². The van der Waals surface area contributed by atoms with Crippen molar-refractivity contribution < 1.29 is 19.0 Å². The molecule has 4 atom stereocenters. The molecule has 3 aliphatic heterocycles. The fraction of sp³-hybridized carbons (Fsp3) is 0.519. The van der Waals surface area contributed by atoms with Crippen molar-refractivity contribution in [2.45, 2.75) is 43.2 Å². The lowest BCUT2D eigenvalue weighted by atomic mass is 9.55. The number of carbonyl (C=O) groups excluding carboxylic acids is 1. The summed E-state index contributed by atoms with van der Waals surface area (Å²) in [7, 11) is 3.20. The molecule has 1 aliphatic carbocycles. The van der Waals surface area contributed by atoms with E-state index in [0.717, 1.165) is 49.5 Å². The molecule has 3 heterocycles. The Balaban J connectivity index is 1.71. The maximum atomic E-state index is 12.6. The summed E-state index contributed by atoms with van der Waals surface area (Å²) >= 11 is 0. The number of rotatable bonds is 8. The van der Waals surface area contributed by atoms with Crippen LogP contribution in [0.2, 0.25) is 0 Å². The zero-order valence-electron chi connectivity index (χ0n) is 19.7. The summed E-state index contributed by atoms with van der Waals surface area (Å²) < 4.78 is 17.1. The van der Waals surface area contributed by atoms with Gasteiger partial charge < -0.3 is 19.1 Å². The molecule has 0 aromatic heterocycles. The molecule has 1 spiro atoms. The van der Waals surface area contributed by atoms with Crippen LogP contribution in [-0.4, -0.2) is 63.4 Å². The minimum absolute atomic E-state index is 0.119. The van der Waals surface area contributed by atoms with Crippen LogP contribution in [0.25, 0.3) is 0 Å². The van der Waals surface area contributed by atoms with Crippen LogP contribution in [0.15, 0.2) is 49.6 Å². The fourth-order valence-corrected chi connectivity index (χ4v) is 7.29. The van der Waals surface area contributed by atoms with Gasteiger partial charge in [-0.05, 0) is 44.0 Å². The van der Waals surface area contributed by atoms with E-state index in [1.165, 1.54) is 12.7 Å². The van der Waals surface area contributed by atoms with Crippen LogP contribution >= 0.6 is 0 Å². The minimum atomic E-state index is -0.217. The van der Waals surface area contributed by atoms with Gasteiger partial charge in [-0.15, -0.1) is 6.58 Å². The van der Waals surface area contributed by atoms with Gasteiger partial charge in [0.25, 0.3) is 0 Å². The summed E-state index contributed by atoms with van der Waals surface area (Å²) in [6.07, 6.45) is 11.9. The van der Waals surface area contributed by atoms with Crippen LogP contribution in [0.5, 0.6) is 11.5 Å². The average Bonchev–Trinajstić information content (AvgIpc) is 3.35. The first-order valence-corrected chi connectivity index (χ1v) is 11.9. The molecule has 0 unspecified atom stereocenters. The lowest BCUT2D eigenvalue weighted by molar-refractivity contribution is -0.145. The standard InChI is InChI=1S/C27H34N2O4/c1-5-14-29-21-10-12-26(18-22(30)31-3)11-7-15-28-16-13-27(21,25(26)28)19-8-9-20(33-17-6-2)24(32-4)23(19)29/h5-6,8-10,12,21,25H,1-2,7,11,13-18H2,3-4H3/t21-,25-,26-,27-/m1/s1. The predicted octanol–water partition coefficient (Wildman–Crippen LogP) is 3.86. The largest absolute Gasteiger partial charge is 0.491 e. The van der Waals surface area contributed by atoms with Crippen LogP contribution in [0.3, 0.4) is 0 Å². The van der Waals surface area contributed by atoms with E-state index >= 15 is 0 Å². The summed E-state index contributed by atoms with van der Waals surface area (Å²) in [5.41, 5.74) is 2.05. The molecule has 5 rings (SSSR count). The van der Waals surface area contributed by atoms with Gasteiger partial charge in [-0.25, -0.2) is 0 Å². The van der Waals surface area contributed by atoms with Crippen molar-refractivity contribution in [1.82, 2.24) is 4.90 Å². The lowest BCUT2D eigenvalue weighted by Gasteiger charge is -2.55. The molecule has 2 fully saturated rings. The number of nitrogens with zero attached hydrogens (tertiary/aromatic N) is 2. The van der Waals surface area contributed by atoms with Crippen molar-refractivity contribution in [3.63, 3.8) is 0 Å². The Morgan fingerprint density at radius 1 is 1.21 bits per heavy atom. The van der Waals surface area contributed by atoms with Crippen molar-refractivity contribution in [1.29, 1.82) is 0 Å². The highest BCUT2D eigenvalue weighted by Gasteiger charge is 2.67. The summed E-state index contributed by atoms with van der Waals surface area (Å²) in [5, 5.41) is 0. The van der Waals surface area contributed by atoms with E-state index < -0.39 is 0 Å². The molecular weight excluding hydrogens is 416 g/mol. The molecule has 0 N–H and O–H groups in total. The van der Waals surface area contributed by atoms with Crippen LogP contribution in [0, 0.1) is 5.41 Å². The third kappa shape index (κ3) is 2.99. The Morgan fingerprint density at radius 3 is 2.79 bits per heavy atom. The first-order chi connectivity index (χ1) is 16.1. The zero-order chi connectivity index (χ0) is 23.2. The van der Waals surface area contributed by atoms with Crippen molar-refractivity contribution in [2.24, 2.45) is 5.41 Å². The van der Waals surface area contributed by atoms with Gasteiger partial charge >= 0.3 is 5.97 Å². The maximum absolute atomic E-state index is 12.6. The second-order valence-electron chi connectivity index (χ2n) is 9.66. The van der Waals surface area contributed by atoms with E-state index in [1.54, 1.807) is 13.2 Å². The van der Waals surface area contributed by atoms with Gasteiger partial charge in [0.15, 0.2) is 11.5 Å². The quantitative estimate of drug-likeness (QED) is 0.443. The molecule has 0 amide bonds. The molecule has 4 aliphatic rings. The summed E-state index contributed by atoms with van der Waals surface area (Å²) in [5.74, 6) is 1.36. The first kappa shape index (κ1) is 22.1. The van der Waals surface area contributed by atoms with E-state index in [0.29, 0.717) is 19.6 Å².